The van der Waals surface area contributed by atoms with Gasteiger partial charge >= 0.3 is 0 Å². The van der Waals surface area contributed by atoms with Crippen molar-refractivity contribution in [3.63, 3.8) is 0 Å². The van der Waals surface area contributed by atoms with Crippen LogP contribution in [-0.2, 0) is 23.1 Å². The van der Waals surface area contributed by atoms with Crippen LogP contribution in [0, 0.1) is 0 Å². The monoisotopic (exact) mass is 397 g/mol. The molecule has 2 heterocycles. The molecule has 1 aromatic carbocycles. The molecule has 8 heteroatoms. The molecule has 8 nitrogen and oxygen atoms in total. The molecule has 0 unspecified atom stereocenters. The van der Waals surface area contributed by atoms with E-state index < -0.39 is 5.91 Å². The van der Waals surface area contributed by atoms with E-state index in [1.165, 1.54) is 10.7 Å². The minimum absolute atomic E-state index is 0.0474. The molecule has 0 atom stereocenters. The van der Waals surface area contributed by atoms with Gasteiger partial charge in [0.15, 0.2) is 5.69 Å². The van der Waals surface area contributed by atoms with Crippen molar-refractivity contribution in [3.8, 4) is 0 Å². The van der Waals surface area contributed by atoms with E-state index in [-0.39, 0.29) is 24.1 Å². The van der Waals surface area contributed by atoms with Gasteiger partial charge in [0.2, 0.25) is 11.8 Å². The first-order valence-corrected chi connectivity index (χ1v) is 9.97. The predicted molar refractivity (Wildman–Crippen MR) is 109 cm³/mol. The number of piperidine rings is 1. The quantitative estimate of drug-likeness (QED) is 0.744. The minimum Gasteiger partial charge on any atom is -0.342 e. The molecule has 0 bridgehead atoms. The number of likely N-dealkylation sites (tertiary alicyclic amines) is 1. The average Bonchev–Trinajstić information content (AvgIpc) is 3.12. The van der Waals surface area contributed by atoms with Crippen LogP contribution in [0.25, 0.3) is 0 Å². The topological polar surface area (TPSA) is 96.3 Å². The van der Waals surface area contributed by atoms with Crippen LogP contribution < -0.4 is 10.6 Å². The number of hydrogen-bond acceptors (Lipinski definition) is 4. The van der Waals surface area contributed by atoms with Gasteiger partial charge in [-0.3, -0.25) is 19.1 Å². The second kappa shape index (κ2) is 9.86. The number of amides is 3. The zero-order valence-electron chi connectivity index (χ0n) is 16.7. The van der Waals surface area contributed by atoms with E-state index in [9.17, 15) is 14.4 Å². The average molecular weight is 397 g/mol. The molecule has 2 N–H and O–H groups in total. The smallest absolute Gasteiger partial charge is 0.272 e. The highest BCUT2D eigenvalue weighted by molar-refractivity contribution is 5.97. The largest absolute Gasteiger partial charge is 0.342 e. The maximum Gasteiger partial charge on any atom is 0.272 e. The predicted octanol–water partition coefficient (Wildman–Crippen LogP) is 1.73. The van der Waals surface area contributed by atoms with Crippen molar-refractivity contribution < 1.29 is 14.4 Å². The lowest BCUT2D eigenvalue weighted by Crippen LogP contribution is -2.42. The molecule has 1 fully saturated rings. The van der Waals surface area contributed by atoms with Gasteiger partial charge in [-0.2, -0.15) is 5.10 Å². The van der Waals surface area contributed by atoms with E-state index in [0.717, 1.165) is 37.9 Å². The third-order valence-electron chi connectivity index (χ3n) is 4.97. The van der Waals surface area contributed by atoms with E-state index in [4.69, 9.17) is 0 Å². The van der Waals surface area contributed by atoms with Crippen LogP contribution >= 0.6 is 0 Å². The van der Waals surface area contributed by atoms with Gasteiger partial charge in [0.1, 0.15) is 5.82 Å². The van der Waals surface area contributed by atoms with Crippen LogP contribution in [0.3, 0.4) is 0 Å². The number of hydrogen-bond donors (Lipinski definition) is 2. The SMILES string of the molecule is Cn1nc(C(=O)NCC(=O)N2CCCCC2)cc1NC(=O)CCc1ccccc1. The Bertz CT molecular complexity index is 856. The van der Waals surface area contributed by atoms with Gasteiger partial charge in [-0.15, -0.1) is 0 Å². The fraction of sp³-hybridized carbons (Fsp3) is 0.429. The fourth-order valence-electron chi connectivity index (χ4n) is 3.30. The molecule has 0 radical (unpaired) electrons. The molecule has 29 heavy (non-hydrogen) atoms. The third kappa shape index (κ3) is 5.91. The summed E-state index contributed by atoms with van der Waals surface area (Å²) in [5.74, 6) is -0.223. The number of aryl methyl sites for hydroxylation is 2. The summed E-state index contributed by atoms with van der Waals surface area (Å²) in [6.07, 6.45) is 4.13. The Labute approximate surface area is 170 Å². The van der Waals surface area contributed by atoms with Crippen LogP contribution in [0.1, 0.15) is 41.7 Å². The molecule has 3 amide bonds. The third-order valence-corrected chi connectivity index (χ3v) is 4.97. The fourth-order valence-corrected chi connectivity index (χ4v) is 3.30. The summed E-state index contributed by atoms with van der Waals surface area (Å²) in [5, 5.41) is 9.53. The van der Waals surface area contributed by atoms with Gasteiger partial charge in [-0.05, 0) is 31.2 Å². The van der Waals surface area contributed by atoms with Gasteiger partial charge in [-0.25, -0.2) is 0 Å². The second-order valence-corrected chi connectivity index (χ2v) is 7.20. The number of aromatic nitrogens is 2. The summed E-state index contributed by atoms with van der Waals surface area (Å²) in [6.45, 7) is 1.45. The number of benzene rings is 1. The van der Waals surface area contributed by atoms with Gasteiger partial charge in [0.05, 0.1) is 6.54 Å². The number of carbonyl (C=O) groups is 3. The van der Waals surface area contributed by atoms with Gasteiger partial charge < -0.3 is 15.5 Å². The van der Waals surface area contributed by atoms with Crippen molar-refractivity contribution in [3.05, 3.63) is 47.7 Å². The van der Waals surface area contributed by atoms with E-state index in [0.29, 0.717) is 18.7 Å². The Balaban J connectivity index is 1.48. The van der Waals surface area contributed by atoms with Crippen LogP contribution in [-0.4, -0.2) is 52.0 Å². The van der Waals surface area contributed by atoms with Crippen molar-refractivity contribution in [2.45, 2.75) is 32.1 Å². The summed E-state index contributed by atoms with van der Waals surface area (Å²) in [5.41, 5.74) is 1.25. The molecular weight excluding hydrogens is 370 g/mol. The summed E-state index contributed by atoms with van der Waals surface area (Å²) in [6, 6.07) is 11.3. The zero-order valence-corrected chi connectivity index (χ0v) is 16.7. The van der Waals surface area contributed by atoms with E-state index >= 15 is 0 Å². The van der Waals surface area contributed by atoms with Gasteiger partial charge in [-0.1, -0.05) is 30.3 Å². The molecule has 3 rings (SSSR count). The first-order valence-electron chi connectivity index (χ1n) is 9.97. The molecule has 154 valence electrons. The summed E-state index contributed by atoms with van der Waals surface area (Å²) >= 11 is 0. The first-order chi connectivity index (χ1) is 14.0. The van der Waals surface area contributed by atoms with E-state index in [1.54, 1.807) is 11.9 Å². The maximum absolute atomic E-state index is 12.3. The molecule has 0 spiro atoms. The molecule has 1 saturated heterocycles. The molecule has 1 aromatic heterocycles. The Kier molecular flexibility index (Phi) is 6.99. The molecule has 2 aromatic rings. The van der Waals surface area contributed by atoms with Crippen molar-refractivity contribution in [1.82, 2.24) is 20.0 Å². The highest BCUT2D eigenvalue weighted by Crippen LogP contribution is 2.11. The van der Waals surface area contributed by atoms with E-state index in [2.05, 4.69) is 15.7 Å². The Hall–Kier alpha value is -3.16. The Morgan fingerprint density at radius 1 is 1.07 bits per heavy atom. The number of nitrogens with one attached hydrogen (secondary N) is 2. The lowest BCUT2D eigenvalue weighted by molar-refractivity contribution is -0.131. The van der Waals surface area contributed by atoms with Crippen LogP contribution in [0.15, 0.2) is 36.4 Å². The van der Waals surface area contributed by atoms with Crippen LogP contribution in [0.4, 0.5) is 5.82 Å². The van der Waals surface area contributed by atoms with Crippen molar-refractivity contribution in [2.24, 2.45) is 7.05 Å². The minimum atomic E-state index is -0.434. The standard InChI is InChI=1S/C21H27N5O3/c1-25-18(23-19(27)11-10-16-8-4-2-5-9-16)14-17(24-25)21(29)22-15-20(28)26-12-6-3-7-13-26/h2,4-5,8-9,14H,3,6-7,10-13,15H2,1H3,(H,22,29)(H,23,27). The van der Waals surface area contributed by atoms with Crippen molar-refractivity contribution in [1.29, 1.82) is 0 Å². The van der Waals surface area contributed by atoms with Crippen LogP contribution in [0.2, 0.25) is 0 Å². The maximum atomic E-state index is 12.3. The number of anilines is 1. The van der Waals surface area contributed by atoms with Gasteiger partial charge in [0.25, 0.3) is 5.91 Å². The van der Waals surface area contributed by atoms with E-state index in [1.807, 2.05) is 30.3 Å². The van der Waals surface area contributed by atoms with Crippen molar-refractivity contribution in [2.75, 3.05) is 25.0 Å². The molecule has 0 aliphatic carbocycles. The molecule has 1 aliphatic heterocycles. The summed E-state index contributed by atoms with van der Waals surface area (Å²) < 4.78 is 1.45. The zero-order chi connectivity index (χ0) is 20.6. The molecular formula is C21H27N5O3. The lowest BCUT2D eigenvalue weighted by Gasteiger charge is -2.26. The number of carbonyl (C=O) groups excluding carboxylic acids is 3. The van der Waals surface area contributed by atoms with Gasteiger partial charge in [0, 0.05) is 32.6 Å². The normalized spacial score (nSPS) is 13.8. The number of nitrogens with zero attached hydrogens (tertiary/aromatic N) is 3. The highest BCUT2D eigenvalue weighted by atomic mass is 16.2. The Morgan fingerprint density at radius 3 is 2.52 bits per heavy atom. The number of rotatable bonds is 7. The second-order valence-electron chi connectivity index (χ2n) is 7.20. The highest BCUT2D eigenvalue weighted by Gasteiger charge is 2.19. The Morgan fingerprint density at radius 2 is 1.79 bits per heavy atom. The lowest BCUT2D eigenvalue weighted by atomic mass is 10.1. The summed E-state index contributed by atoms with van der Waals surface area (Å²) in [7, 11) is 1.66. The van der Waals surface area contributed by atoms with Crippen molar-refractivity contribution >= 4 is 23.5 Å². The molecule has 0 saturated carbocycles. The molecule has 1 aliphatic rings. The first kappa shape index (κ1) is 20.6. The summed E-state index contributed by atoms with van der Waals surface area (Å²) in [4.78, 5) is 38.5. The van der Waals surface area contributed by atoms with Crippen LogP contribution in [0.5, 0.6) is 0 Å².